The van der Waals surface area contributed by atoms with Gasteiger partial charge in [-0.1, -0.05) is 0 Å². The average molecular weight is 237 g/mol. The van der Waals surface area contributed by atoms with Crippen LogP contribution in [0.5, 0.6) is 0 Å². The molecule has 5 nitrogen and oxygen atoms in total. The molecule has 0 saturated carbocycles. The normalized spacial score (nSPS) is 25.1. The summed E-state index contributed by atoms with van der Waals surface area (Å²) in [5.74, 6) is 0.163. The molecule has 1 heterocycles. The van der Waals surface area contributed by atoms with Crippen molar-refractivity contribution in [2.24, 2.45) is 0 Å². The molecule has 0 aromatic carbocycles. The van der Waals surface area contributed by atoms with Gasteiger partial charge in [-0.3, -0.25) is 0 Å². The largest absolute Gasteiger partial charge is 0.355 e. The van der Waals surface area contributed by atoms with E-state index in [2.05, 4.69) is 5.32 Å². The standard InChI is InChI=1S/C9H19NO4S/c1-8(6-15(2,11)12)10-5-9-3-4-13-7-14-9/h8-10H,3-7H2,1-2H3. The van der Waals surface area contributed by atoms with Crippen molar-refractivity contribution in [3.8, 4) is 0 Å². The van der Waals surface area contributed by atoms with Gasteiger partial charge in [-0.05, 0) is 13.3 Å². The maximum absolute atomic E-state index is 11.0. The number of ether oxygens (including phenoxy) is 2. The zero-order valence-electron chi connectivity index (χ0n) is 9.23. The second kappa shape index (κ2) is 5.79. The van der Waals surface area contributed by atoms with Gasteiger partial charge in [-0.15, -0.1) is 0 Å². The average Bonchev–Trinajstić information content (AvgIpc) is 2.14. The number of nitrogens with one attached hydrogen (secondary N) is 1. The molecule has 1 saturated heterocycles. The molecule has 1 aliphatic rings. The fourth-order valence-electron chi connectivity index (χ4n) is 1.51. The van der Waals surface area contributed by atoms with Gasteiger partial charge in [0.1, 0.15) is 16.6 Å². The molecule has 90 valence electrons. The molecule has 1 rings (SSSR count). The number of hydrogen-bond acceptors (Lipinski definition) is 5. The van der Waals surface area contributed by atoms with E-state index in [0.29, 0.717) is 19.9 Å². The van der Waals surface area contributed by atoms with Crippen molar-refractivity contribution >= 4 is 9.84 Å². The summed E-state index contributed by atoms with van der Waals surface area (Å²) < 4.78 is 32.4. The van der Waals surface area contributed by atoms with Gasteiger partial charge in [0.15, 0.2) is 0 Å². The van der Waals surface area contributed by atoms with Gasteiger partial charge in [-0.2, -0.15) is 0 Å². The molecule has 0 aromatic heterocycles. The summed E-state index contributed by atoms with van der Waals surface area (Å²) in [4.78, 5) is 0. The van der Waals surface area contributed by atoms with Crippen LogP contribution in [0.2, 0.25) is 0 Å². The highest BCUT2D eigenvalue weighted by Crippen LogP contribution is 2.04. The van der Waals surface area contributed by atoms with E-state index in [4.69, 9.17) is 9.47 Å². The molecule has 1 N–H and O–H groups in total. The lowest BCUT2D eigenvalue weighted by atomic mass is 10.2. The third kappa shape index (κ3) is 6.09. The molecular weight excluding hydrogens is 218 g/mol. The maximum Gasteiger partial charge on any atom is 0.148 e. The molecule has 0 amide bonds. The molecule has 0 aromatic rings. The SMILES string of the molecule is CC(CS(C)(=O)=O)NCC1CCOCO1. The molecule has 0 aliphatic carbocycles. The Kier molecular flexibility index (Phi) is 4.98. The molecule has 1 aliphatic heterocycles. The molecule has 0 bridgehead atoms. The van der Waals surface area contributed by atoms with Crippen molar-refractivity contribution in [3.05, 3.63) is 0 Å². The van der Waals surface area contributed by atoms with Crippen LogP contribution in [0.4, 0.5) is 0 Å². The van der Waals surface area contributed by atoms with Crippen molar-refractivity contribution in [2.75, 3.05) is 32.0 Å². The van der Waals surface area contributed by atoms with Crippen molar-refractivity contribution < 1.29 is 17.9 Å². The molecule has 0 radical (unpaired) electrons. The van der Waals surface area contributed by atoms with E-state index in [0.717, 1.165) is 6.42 Å². The van der Waals surface area contributed by atoms with Gasteiger partial charge in [0.25, 0.3) is 0 Å². The van der Waals surface area contributed by atoms with Gasteiger partial charge in [0.05, 0.1) is 18.5 Å². The summed E-state index contributed by atoms with van der Waals surface area (Å²) in [5.41, 5.74) is 0. The van der Waals surface area contributed by atoms with E-state index in [9.17, 15) is 8.42 Å². The lowest BCUT2D eigenvalue weighted by molar-refractivity contribution is -0.137. The van der Waals surface area contributed by atoms with Crippen LogP contribution in [0.1, 0.15) is 13.3 Å². The number of sulfone groups is 1. The van der Waals surface area contributed by atoms with Crippen LogP contribution in [-0.4, -0.2) is 52.5 Å². The van der Waals surface area contributed by atoms with Gasteiger partial charge in [0.2, 0.25) is 0 Å². The minimum atomic E-state index is -2.90. The second-order valence-corrected chi connectivity index (χ2v) is 6.19. The van der Waals surface area contributed by atoms with Crippen LogP contribution in [0.3, 0.4) is 0 Å². The van der Waals surface area contributed by atoms with Gasteiger partial charge in [0, 0.05) is 18.8 Å². The molecule has 0 spiro atoms. The highest BCUT2D eigenvalue weighted by molar-refractivity contribution is 7.90. The Balaban J connectivity index is 2.18. The molecule has 6 heteroatoms. The lowest BCUT2D eigenvalue weighted by Gasteiger charge is -2.24. The molecule has 2 atom stereocenters. The predicted octanol–water partition coefficient (Wildman–Crippen LogP) is -0.228. The first-order valence-electron chi connectivity index (χ1n) is 5.08. The van der Waals surface area contributed by atoms with E-state index >= 15 is 0 Å². The van der Waals surface area contributed by atoms with E-state index in [1.807, 2.05) is 6.92 Å². The summed E-state index contributed by atoms with van der Waals surface area (Å²) in [6.45, 7) is 3.60. The zero-order chi connectivity index (χ0) is 11.3. The topological polar surface area (TPSA) is 64.6 Å². The quantitative estimate of drug-likeness (QED) is 0.715. The van der Waals surface area contributed by atoms with Crippen LogP contribution in [0.25, 0.3) is 0 Å². The Hall–Kier alpha value is -0.170. The number of rotatable bonds is 5. The van der Waals surface area contributed by atoms with Crippen LogP contribution >= 0.6 is 0 Å². The summed E-state index contributed by atoms with van der Waals surface area (Å²) in [6.07, 6.45) is 2.25. The monoisotopic (exact) mass is 237 g/mol. The molecular formula is C9H19NO4S. The fourth-order valence-corrected chi connectivity index (χ4v) is 2.53. The van der Waals surface area contributed by atoms with E-state index < -0.39 is 9.84 Å². The van der Waals surface area contributed by atoms with Crippen LogP contribution in [0.15, 0.2) is 0 Å². The van der Waals surface area contributed by atoms with Gasteiger partial charge < -0.3 is 14.8 Å². The minimum absolute atomic E-state index is 0.0357. The van der Waals surface area contributed by atoms with E-state index in [1.54, 1.807) is 0 Å². The third-order valence-electron chi connectivity index (χ3n) is 2.22. The first-order chi connectivity index (χ1) is 6.97. The smallest absolute Gasteiger partial charge is 0.148 e. The minimum Gasteiger partial charge on any atom is -0.355 e. The first kappa shape index (κ1) is 12.9. The Bertz CT molecular complexity index is 272. The molecule has 1 fully saturated rings. The molecule has 15 heavy (non-hydrogen) atoms. The summed E-state index contributed by atoms with van der Waals surface area (Å²) in [6, 6.07) is -0.0357. The lowest BCUT2D eigenvalue weighted by Crippen LogP contribution is -2.40. The summed E-state index contributed by atoms with van der Waals surface area (Å²) in [5, 5.41) is 3.15. The Morgan fingerprint density at radius 2 is 2.27 bits per heavy atom. The predicted molar refractivity (Wildman–Crippen MR) is 57.5 cm³/mol. The van der Waals surface area contributed by atoms with Gasteiger partial charge in [-0.25, -0.2) is 8.42 Å². The first-order valence-corrected chi connectivity index (χ1v) is 7.14. The second-order valence-electron chi connectivity index (χ2n) is 4.01. The zero-order valence-corrected chi connectivity index (χ0v) is 10.0. The van der Waals surface area contributed by atoms with Crippen molar-refractivity contribution in [1.29, 1.82) is 0 Å². The van der Waals surface area contributed by atoms with Crippen molar-refractivity contribution in [1.82, 2.24) is 5.32 Å². The third-order valence-corrected chi connectivity index (χ3v) is 3.32. The van der Waals surface area contributed by atoms with Crippen LogP contribution in [0, 0.1) is 0 Å². The van der Waals surface area contributed by atoms with E-state index in [1.165, 1.54) is 6.26 Å². The Morgan fingerprint density at radius 1 is 1.53 bits per heavy atom. The number of hydrogen-bond donors (Lipinski definition) is 1. The summed E-state index contributed by atoms with van der Waals surface area (Å²) >= 11 is 0. The summed E-state index contributed by atoms with van der Waals surface area (Å²) in [7, 11) is -2.90. The van der Waals surface area contributed by atoms with Crippen molar-refractivity contribution in [2.45, 2.75) is 25.5 Å². The van der Waals surface area contributed by atoms with Crippen LogP contribution < -0.4 is 5.32 Å². The highest BCUT2D eigenvalue weighted by atomic mass is 32.2. The van der Waals surface area contributed by atoms with Crippen LogP contribution in [-0.2, 0) is 19.3 Å². The fraction of sp³-hybridized carbons (Fsp3) is 1.00. The van der Waals surface area contributed by atoms with Crippen molar-refractivity contribution in [3.63, 3.8) is 0 Å². The van der Waals surface area contributed by atoms with Gasteiger partial charge >= 0.3 is 0 Å². The Morgan fingerprint density at radius 3 is 2.80 bits per heavy atom. The Labute approximate surface area is 91.1 Å². The maximum atomic E-state index is 11.0. The highest BCUT2D eigenvalue weighted by Gasteiger charge is 2.16. The molecule has 2 unspecified atom stereocenters. The van der Waals surface area contributed by atoms with E-state index in [-0.39, 0.29) is 17.9 Å².